The second kappa shape index (κ2) is 29.1. The molecule has 1 atom stereocenters. The van der Waals surface area contributed by atoms with Gasteiger partial charge in [0.05, 0.1) is 6.61 Å². The highest BCUT2D eigenvalue weighted by Crippen LogP contribution is 2.35. The molecular formula is C33H57O8P. The van der Waals surface area contributed by atoms with Crippen molar-refractivity contribution >= 4 is 19.8 Å². The second-order valence-corrected chi connectivity index (χ2v) is 11.6. The molecule has 0 spiro atoms. The van der Waals surface area contributed by atoms with Gasteiger partial charge in [-0.15, -0.1) is 0 Å². The minimum atomic E-state index is -4.75. The lowest BCUT2D eigenvalue weighted by atomic mass is 10.1. The van der Waals surface area contributed by atoms with Crippen LogP contribution in [0.25, 0.3) is 0 Å². The zero-order valence-corrected chi connectivity index (χ0v) is 27.0. The molecule has 0 aliphatic heterocycles. The predicted molar refractivity (Wildman–Crippen MR) is 170 cm³/mol. The molecule has 8 nitrogen and oxygen atoms in total. The molecule has 0 heterocycles. The van der Waals surface area contributed by atoms with Gasteiger partial charge >= 0.3 is 19.8 Å². The van der Waals surface area contributed by atoms with Gasteiger partial charge < -0.3 is 19.3 Å². The number of carbonyl (C=O) groups excluding carboxylic acids is 2. The van der Waals surface area contributed by atoms with Gasteiger partial charge in [-0.05, 0) is 51.4 Å². The third kappa shape index (κ3) is 31.0. The first-order valence-corrected chi connectivity index (χ1v) is 17.5. The van der Waals surface area contributed by atoms with Crippen LogP contribution in [0, 0.1) is 0 Å². The van der Waals surface area contributed by atoms with E-state index < -0.39 is 32.5 Å². The number of ether oxygens (including phenoxy) is 2. The molecule has 0 bridgehead atoms. The fourth-order valence-electron chi connectivity index (χ4n) is 4.01. The second-order valence-electron chi connectivity index (χ2n) is 10.4. The Morgan fingerprint density at radius 3 is 1.71 bits per heavy atom. The Kier molecular flexibility index (Phi) is 27.7. The van der Waals surface area contributed by atoms with E-state index in [1.807, 2.05) is 0 Å². The van der Waals surface area contributed by atoms with Gasteiger partial charge in [-0.2, -0.15) is 0 Å². The highest BCUT2D eigenvalue weighted by Gasteiger charge is 2.22. The number of phosphoric acid groups is 1. The first-order chi connectivity index (χ1) is 20.3. The summed E-state index contributed by atoms with van der Waals surface area (Å²) in [5, 5.41) is 0. The molecule has 0 fully saturated rings. The van der Waals surface area contributed by atoms with Crippen molar-refractivity contribution in [1.82, 2.24) is 0 Å². The summed E-state index contributed by atoms with van der Waals surface area (Å²) >= 11 is 0. The molecule has 0 aromatic rings. The lowest BCUT2D eigenvalue weighted by molar-refractivity contribution is -0.161. The molecular weight excluding hydrogens is 555 g/mol. The van der Waals surface area contributed by atoms with Gasteiger partial charge in [0.25, 0.3) is 0 Å². The Balaban J connectivity index is 4.12. The Morgan fingerprint density at radius 1 is 0.643 bits per heavy atom. The van der Waals surface area contributed by atoms with Gasteiger partial charge in [0.15, 0.2) is 6.10 Å². The van der Waals surface area contributed by atoms with E-state index in [2.05, 4.69) is 67.0 Å². The third-order valence-electron chi connectivity index (χ3n) is 6.36. The molecule has 0 rings (SSSR count). The van der Waals surface area contributed by atoms with Gasteiger partial charge in [-0.1, -0.05) is 114 Å². The monoisotopic (exact) mass is 612 g/mol. The number of rotatable bonds is 28. The summed E-state index contributed by atoms with van der Waals surface area (Å²) in [5.74, 6) is -0.942. The SMILES string of the molecule is CC/C=C\C/C=C\C/C=C\C/C=C\CCCCC(=O)OC[C@H](COP(=O)(O)O)OC(=O)CCCCCCCCCCC. The van der Waals surface area contributed by atoms with Crippen molar-refractivity contribution in [3.63, 3.8) is 0 Å². The Bertz CT molecular complexity index is 828. The van der Waals surface area contributed by atoms with Gasteiger partial charge in [-0.3, -0.25) is 14.1 Å². The molecule has 0 amide bonds. The lowest BCUT2D eigenvalue weighted by Gasteiger charge is -2.18. The van der Waals surface area contributed by atoms with E-state index in [0.29, 0.717) is 12.8 Å². The van der Waals surface area contributed by atoms with Gasteiger partial charge in [-0.25, -0.2) is 4.57 Å². The van der Waals surface area contributed by atoms with Crippen LogP contribution < -0.4 is 0 Å². The summed E-state index contributed by atoms with van der Waals surface area (Å²) in [4.78, 5) is 42.4. The molecule has 0 aliphatic rings. The average molecular weight is 613 g/mol. The van der Waals surface area contributed by atoms with Gasteiger partial charge in [0.1, 0.15) is 6.61 Å². The maximum absolute atomic E-state index is 12.2. The van der Waals surface area contributed by atoms with Crippen LogP contribution in [0.3, 0.4) is 0 Å². The fourth-order valence-corrected chi connectivity index (χ4v) is 4.37. The summed E-state index contributed by atoms with van der Waals surface area (Å²) in [5.41, 5.74) is 0. The summed E-state index contributed by atoms with van der Waals surface area (Å²) in [6.45, 7) is 3.47. The minimum absolute atomic E-state index is 0.202. The first-order valence-electron chi connectivity index (χ1n) is 15.9. The molecule has 9 heteroatoms. The van der Waals surface area contributed by atoms with Crippen LogP contribution in [-0.2, 0) is 28.2 Å². The normalized spacial score (nSPS) is 13.1. The summed E-state index contributed by atoms with van der Waals surface area (Å²) in [6.07, 6.45) is 32.8. The van der Waals surface area contributed by atoms with E-state index in [1.165, 1.54) is 32.1 Å². The van der Waals surface area contributed by atoms with Crippen LogP contribution in [-0.4, -0.2) is 41.0 Å². The quantitative estimate of drug-likeness (QED) is 0.0389. The van der Waals surface area contributed by atoms with Crippen molar-refractivity contribution < 1.29 is 37.9 Å². The van der Waals surface area contributed by atoms with Gasteiger partial charge in [0.2, 0.25) is 0 Å². The number of phosphoric ester groups is 1. The molecule has 0 saturated carbocycles. The van der Waals surface area contributed by atoms with Crippen LogP contribution in [0.5, 0.6) is 0 Å². The van der Waals surface area contributed by atoms with Crippen LogP contribution in [0.2, 0.25) is 0 Å². The van der Waals surface area contributed by atoms with E-state index in [0.717, 1.165) is 57.8 Å². The molecule has 0 aromatic heterocycles. The molecule has 42 heavy (non-hydrogen) atoms. The van der Waals surface area contributed by atoms with Crippen molar-refractivity contribution in [2.75, 3.05) is 13.2 Å². The molecule has 0 aromatic carbocycles. The summed E-state index contributed by atoms with van der Waals surface area (Å²) in [7, 11) is -4.75. The highest BCUT2D eigenvalue weighted by molar-refractivity contribution is 7.46. The predicted octanol–water partition coefficient (Wildman–Crippen LogP) is 8.84. The van der Waals surface area contributed by atoms with Crippen LogP contribution >= 0.6 is 7.82 Å². The largest absolute Gasteiger partial charge is 0.469 e. The van der Waals surface area contributed by atoms with Crippen LogP contribution in [0.4, 0.5) is 0 Å². The smallest absolute Gasteiger partial charge is 0.462 e. The Labute approximate surface area is 254 Å². The number of allylic oxidation sites excluding steroid dienone is 8. The van der Waals surface area contributed by atoms with E-state index in [-0.39, 0.29) is 19.4 Å². The molecule has 0 saturated heterocycles. The zero-order valence-electron chi connectivity index (χ0n) is 26.1. The van der Waals surface area contributed by atoms with Crippen molar-refractivity contribution in [1.29, 1.82) is 0 Å². The Hall–Kier alpha value is -1.99. The van der Waals surface area contributed by atoms with E-state index in [4.69, 9.17) is 19.3 Å². The number of esters is 2. The van der Waals surface area contributed by atoms with E-state index in [1.54, 1.807) is 0 Å². The van der Waals surface area contributed by atoms with E-state index in [9.17, 15) is 14.2 Å². The van der Waals surface area contributed by atoms with Crippen molar-refractivity contribution in [3.05, 3.63) is 48.6 Å². The lowest BCUT2D eigenvalue weighted by Crippen LogP contribution is -2.29. The molecule has 0 unspecified atom stereocenters. The Morgan fingerprint density at radius 2 is 1.14 bits per heavy atom. The average Bonchev–Trinajstić information content (AvgIpc) is 2.95. The van der Waals surface area contributed by atoms with Crippen molar-refractivity contribution in [3.8, 4) is 0 Å². The first kappa shape index (κ1) is 40.0. The van der Waals surface area contributed by atoms with E-state index >= 15 is 0 Å². The van der Waals surface area contributed by atoms with Crippen LogP contribution in [0.15, 0.2) is 48.6 Å². The highest BCUT2D eigenvalue weighted by atomic mass is 31.2. The third-order valence-corrected chi connectivity index (χ3v) is 6.85. The van der Waals surface area contributed by atoms with Crippen molar-refractivity contribution in [2.45, 2.75) is 136 Å². The maximum Gasteiger partial charge on any atom is 0.469 e. The standard InChI is InChI=1S/C33H57O8P/c1-3-5-7-9-11-13-14-15-16-17-18-20-21-23-25-27-32(34)39-29-31(30-40-42(36,37)38)41-33(35)28-26-24-22-19-12-10-8-6-4-2/h5,7,11,13,15-16,18,20,31H,3-4,6,8-10,12,14,17,19,21-30H2,1-2H3,(H2,36,37,38)/b7-5-,13-11-,16-15-,20-18-/t31-/m1/s1. The topological polar surface area (TPSA) is 119 Å². The molecule has 2 N–H and O–H groups in total. The zero-order chi connectivity index (χ0) is 31.2. The minimum Gasteiger partial charge on any atom is -0.462 e. The van der Waals surface area contributed by atoms with Crippen molar-refractivity contribution in [2.24, 2.45) is 0 Å². The number of unbranched alkanes of at least 4 members (excludes halogenated alkanes) is 10. The van der Waals surface area contributed by atoms with Gasteiger partial charge in [0, 0.05) is 12.8 Å². The maximum atomic E-state index is 12.2. The summed E-state index contributed by atoms with van der Waals surface area (Å²) < 4.78 is 26.1. The fraction of sp³-hybridized carbons (Fsp3) is 0.697. The number of hydrogen-bond acceptors (Lipinski definition) is 6. The van der Waals surface area contributed by atoms with Crippen LogP contribution in [0.1, 0.15) is 129 Å². The molecule has 0 aliphatic carbocycles. The number of hydrogen-bond donors (Lipinski definition) is 2. The molecule has 0 radical (unpaired) electrons. The molecule has 242 valence electrons. The number of carbonyl (C=O) groups is 2. The summed E-state index contributed by atoms with van der Waals surface area (Å²) in [6, 6.07) is 0.